The van der Waals surface area contributed by atoms with Crippen LogP contribution in [-0.4, -0.2) is 21.0 Å². The molecule has 1 aromatic carbocycles. The average molecular weight is 309 g/mol. The highest BCUT2D eigenvalue weighted by Gasteiger charge is 2.14. The molecule has 1 aromatic heterocycles. The Labute approximate surface area is 123 Å². The van der Waals surface area contributed by atoms with Crippen LogP contribution in [0, 0.1) is 10.1 Å². The molecule has 0 saturated carbocycles. The van der Waals surface area contributed by atoms with Crippen molar-refractivity contribution < 1.29 is 14.9 Å². The van der Waals surface area contributed by atoms with E-state index < -0.39 is 4.92 Å². The summed E-state index contributed by atoms with van der Waals surface area (Å²) >= 11 is 5.93. The topological polar surface area (TPSA) is 124 Å². The van der Waals surface area contributed by atoms with E-state index in [9.17, 15) is 10.1 Å². The van der Waals surface area contributed by atoms with Gasteiger partial charge in [0, 0.05) is 18.3 Å². The highest BCUT2D eigenvalue weighted by molar-refractivity contribution is 6.32. The van der Waals surface area contributed by atoms with Gasteiger partial charge in [0.15, 0.2) is 17.3 Å². The number of nitro benzene ring substituents is 1. The summed E-state index contributed by atoms with van der Waals surface area (Å²) in [7, 11) is 0. The number of pyridine rings is 1. The first-order valence-corrected chi connectivity index (χ1v) is 5.95. The second kappa shape index (κ2) is 6.06. The minimum absolute atomic E-state index is 0.0542. The number of non-ortho nitro benzene ring substituents is 1. The molecule has 0 unspecified atom stereocenters. The number of benzene rings is 1. The van der Waals surface area contributed by atoms with E-state index in [0.29, 0.717) is 0 Å². The summed E-state index contributed by atoms with van der Waals surface area (Å²) in [4.78, 5) is 14.0. The number of hydrogen-bond donors (Lipinski definition) is 2. The van der Waals surface area contributed by atoms with E-state index in [1.807, 2.05) is 0 Å². The van der Waals surface area contributed by atoms with Crippen LogP contribution >= 0.6 is 11.6 Å². The lowest BCUT2D eigenvalue weighted by Gasteiger charge is -2.10. The molecule has 2 rings (SSSR count). The van der Waals surface area contributed by atoms with Gasteiger partial charge in [-0.15, -0.1) is 0 Å². The summed E-state index contributed by atoms with van der Waals surface area (Å²) < 4.78 is 5.51. The number of nitrogens with zero attached hydrogens (tertiary/aromatic N) is 3. The molecule has 0 fully saturated rings. The van der Waals surface area contributed by atoms with E-state index in [1.54, 1.807) is 6.07 Å². The van der Waals surface area contributed by atoms with Gasteiger partial charge in [-0.1, -0.05) is 16.8 Å². The first-order chi connectivity index (χ1) is 10.0. The molecule has 0 bridgehead atoms. The Morgan fingerprint density at radius 3 is 2.81 bits per heavy atom. The average Bonchev–Trinajstić information content (AvgIpc) is 2.49. The van der Waals surface area contributed by atoms with Gasteiger partial charge in [0.1, 0.15) is 5.75 Å². The molecule has 0 saturated heterocycles. The zero-order valence-electron chi connectivity index (χ0n) is 10.4. The Kier molecular flexibility index (Phi) is 4.19. The zero-order chi connectivity index (χ0) is 15.4. The van der Waals surface area contributed by atoms with Crippen molar-refractivity contribution in [3.05, 3.63) is 57.4 Å². The largest absolute Gasteiger partial charge is 0.453 e. The number of halogens is 1. The van der Waals surface area contributed by atoms with Gasteiger partial charge in [-0.25, -0.2) is 4.98 Å². The highest BCUT2D eigenvalue weighted by atomic mass is 35.5. The summed E-state index contributed by atoms with van der Waals surface area (Å²) in [5.41, 5.74) is 5.45. The van der Waals surface area contributed by atoms with Gasteiger partial charge in [0.05, 0.1) is 9.95 Å². The molecule has 0 spiro atoms. The fourth-order valence-electron chi connectivity index (χ4n) is 1.52. The van der Waals surface area contributed by atoms with E-state index in [4.69, 9.17) is 27.3 Å². The van der Waals surface area contributed by atoms with Crippen molar-refractivity contribution in [1.29, 1.82) is 0 Å². The van der Waals surface area contributed by atoms with Gasteiger partial charge in [-0.05, 0) is 18.2 Å². The SMILES string of the molecule is N/C(=N/O)c1ncccc1Oc1ccc([N+](=O)[O-])cc1Cl. The van der Waals surface area contributed by atoms with Crippen molar-refractivity contribution in [2.45, 2.75) is 0 Å². The Hall–Kier alpha value is -2.87. The zero-order valence-corrected chi connectivity index (χ0v) is 11.2. The smallest absolute Gasteiger partial charge is 0.271 e. The van der Waals surface area contributed by atoms with Crippen molar-refractivity contribution in [2.75, 3.05) is 0 Å². The number of oxime groups is 1. The molecule has 0 amide bonds. The first-order valence-electron chi connectivity index (χ1n) is 5.57. The predicted molar refractivity (Wildman–Crippen MR) is 74.9 cm³/mol. The first kappa shape index (κ1) is 14.5. The van der Waals surface area contributed by atoms with Crippen LogP contribution in [0.1, 0.15) is 5.69 Å². The lowest BCUT2D eigenvalue weighted by atomic mass is 10.3. The molecule has 9 heteroatoms. The Morgan fingerprint density at radius 1 is 1.43 bits per heavy atom. The van der Waals surface area contributed by atoms with Gasteiger partial charge in [0.2, 0.25) is 0 Å². The molecule has 1 heterocycles. The number of amidine groups is 1. The van der Waals surface area contributed by atoms with E-state index in [2.05, 4.69) is 10.1 Å². The quantitative estimate of drug-likeness (QED) is 0.294. The summed E-state index contributed by atoms with van der Waals surface area (Å²) in [6.07, 6.45) is 1.44. The fourth-order valence-corrected chi connectivity index (χ4v) is 1.73. The molecule has 21 heavy (non-hydrogen) atoms. The predicted octanol–water partition coefficient (Wildman–Crippen LogP) is 2.53. The van der Waals surface area contributed by atoms with E-state index >= 15 is 0 Å². The second-order valence-corrected chi connectivity index (χ2v) is 4.22. The maximum absolute atomic E-state index is 10.6. The van der Waals surface area contributed by atoms with Crippen LogP contribution < -0.4 is 10.5 Å². The van der Waals surface area contributed by atoms with Crippen molar-refractivity contribution >= 4 is 23.1 Å². The van der Waals surface area contributed by atoms with Crippen LogP contribution in [0.4, 0.5) is 5.69 Å². The van der Waals surface area contributed by atoms with Crippen LogP contribution in [-0.2, 0) is 0 Å². The van der Waals surface area contributed by atoms with Gasteiger partial charge in [-0.2, -0.15) is 0 Å². The maximum Gasteiger partial charge on any atom is 0.271 e. The fraction of sp³-hybridized carbons (Fsp3) is 0. The normalized spacial score (nSPS) is 11.2. The summed E-state index contributed by atoms with van der Waals surface area (Å²) in [6, 6.07) is 6.89. The van der Waals surface area contributed by atoms with Crippen LogP contribution in [0.25, 0.3) is 0 Å². The molecular weight excluding hydrogens is 300 g/mol. The third-order valence-electron chi connectivity index (χ3n) is 2.47. The maximum atomic E-state index is 10.6. The lowest BCUT2D eigenvalue weighted by molar-refractivity contribution is -0.384. The number of nitro groups is 1. The van der Waals surface area contributed by atoms with Crippen molar-refractivity contribution in [2.24, 2.45) is 10.9 Å². The molecule has 0 aliphatic carbocycles. The monoisotopic (exact) mass is 308 g/mol. The van der Waals surface area contributed by atoms with Crippen molar-refractivity contribution in [3.8, 4) is 11.5 Å². The van der Waals surface area contributed by atoms with Crippen molar-refractivity contribution in [3.63, 3.8) is 0 Å². The molecule has 108 valence electrons. The summed E-state index contributed by atoms with van der Waals surface area (Å²) in [6.45, 7) is 0. The van der Waals surface area contributed by atoms with Crippen LogP contribution in [0.2, 0.25) is 5.02 Å². The van der Waals surface area contributed by atoms with Gasteiger partial charge in [0.25, 0.3) is 5.69 Å². The number of aromatic nitrogens is 1. The number of hydrogen-bond acceptors (Lipinski definition) is 6. The van der Waals surface area contributed by atoms with Gasteiger partial charge < -0.3 is 15.7 Å². The Balaban J connectivity index is 2.37. The molecular formula is C12H9ClN4O4. The standard InChI is InChI=1S/C12H9ClN4O4/c13-8-6-7(17(19)20)3-4-9(8)21-10-2-1-5-15-11(10)12(14)16-18/h1-6,18H,(H2,14,16). The Bertz CT molecular complexity index is 720. The van der Waals surface area contributed by atoms with Crippen LogP contribution in [0.3, 0.4) is 0 Å². The Morgan fingerprint density at radius 2 is 2.19 bits per heavy atom. The van der Waals surface area contributed by atoms with E-state index in [0.717, 1.165) is 6.07 Å². The van der Waals surface area contributed by atoms with E-state index in [1.165, 1.54) is 24.4 Å². The molecule has 0 aliphatic heterocycles. The molecule has 8 nitrogen and oxygen atoms in total. The number of rotatable bonds is 4. The van der Waals surface area contributed by atoms with Crippen molar-refractivity contribution in [1.82, 2.24) is 4.98 Å². The molecule has 0 atom stereocenters. The lowest BCUT2D eigenvalue weighted by Crippen LogP contribution is -2.16. The molecule has 0 radical (unpaired) electrons. The van der Waals surface area contributed by atoms with Crippen LogP contribution in [0.15, 0.2) is 41.7 Å². The minimum Gasteiger partial charge on any atom is -0.453 e. The van der Waals surface area contributed by atoms with Crippen LogP contribution in [0.5, 0.6) is 11.5 Å². The summed E-state index contributed by atoms with van der Waals surface area (Å²) in [5, 5.41) is 22.2. The number of nitrogens with two attached hydrogens (primary N) is 1. The molecule has 0 aliphatic rings. The summed E-state index contributed by atoms with van der Waals surface area (Å²) in [5.74, 6) is 0.148. The second-order valence-electron chi connectivity index (χ2n) is 3.81. The highest BCUT2D eigenvalue weighted by Crippen LogP contribution is 2.33. The minimum atomic E-state index is -0.568. The van der Waals surface area contributed by atoms with E-state index in [-0.39, 0.29) is 33.7 Å². The molecule has 3 N–H and O–H groups in total. The number of ether oxygens (including phenoxy) is 1. The third-order valence-corrected chi connectivity index (χ3v) is 2.76. The van der Waals surface area contributed by atoms with Gasteiger partial charge in [-0.3, -0.25) is 10.1 Å². The van der Waals surface area contributed by atoms with Gasteiger partial charge >= 0.3 is 0 Å². The third kappa shape index (κ3) is 3.18. The molecule has 2 aromatic rings.